The molecule has 1 heterocycles. The van der Waals surface area contributed by atoms with Crippen LogP contribution in [-0.4, -0.2) is 9.97 Å². The summed E-state index contributed by atoms with van der Waals surface area (Å²) in [7, 11) is 0. The Labute approximate surface area is 96.4 Å². The van der Waals surface area contributed by atoms with E-state index in [2.05, 4.69) is 48.1 Å². The second-order valence-corrected chi connectivity index (χ2v) is 4.06. The third-order valence-electron chi connectivity index (χ3n) is 2.96. The molecule has 0 bridgehead atoms. The number of nitrogens with zero attached hydrogens (tertiary/aromatic N) is 2. The predicted molar refractivity (Wildman–Crippen MR) is 66.2 cm³/mol. The maximum atomic E-state index is 4.04. The van der Waals surface area contributed by atoms with Crippen LogP contribution in [0.4, 0.5) is 0 Å². The van der Waals surface area contributed by atoms with E-state index >= 15 is 0 Å². The highest BCUT2D eigenvalue weighted by atomic mass is 14.8. The molecule has 0 aliphatic carbocycles. The first-order chi connectivity index (χ1) is 7.81. The Morgan fingerprint density at radius 3 is 2.56 bits per heavy atom. The molecule has 2 aromatic rings. The molecule has 0 radical (unpaired) electrons. The van der Waals surface area contributed by atoms with Crippen molar-refractivity contribution in [2.24, 2.45) is 0 Å². The van der Waals surface area contributed by atoms with E-state index in [1.165, 1.54) is 11.1 Å². The molecule has 1 atom stereocenters. The highest BCUT2D eigenvalue weighted by molar-refractivity contribution is 5.62. The molecule has 1 aromatic carbocycles. The minimum absolute atomic E-state index is 0.601. The molecule has 0 fully saturated rings. The van der Waals surface area contributed by atoms with E-state index in [0.29, 0.717) is 5.92 Å². The van der Waals surface area contributed by atoms with Gasteiger partial charge >= 0.3 is 0 Å². The molecular formula is C14H16N2. The van der Waals surface area contributed by atoms with Gasteiger partial charge in [0.25, 0.3) is 0 Å². The smallest absolute Gasteiger partial charge is 0.115 e. The summed E-state index contributed by atoms with van der Waals surface area (Å²) in [6.07, 6.45) is 6.42. The van der Waals surface area contributed by atoms with Gasteiger partial charge in [0, 0.05) is 18.0 Å². The third-order valence-corrected chi connectivity index (χ3v) is 2.96. The summed E-state index contributed by atoms with van der Waals surface area (Å²) in [4.78, 5) is 8.09. The van der Waals surface area contributed by atoms with Gasteiger partial charge < -0.3 is 0 Å². The Morgan fingerprint density at radius 1 is 1.12 bits per heavy atom. The fraction of sp³-hybridized carbons (Fsp3) is 0.286. The lowest BCUT2D eigenvalue weighted by molar-refractivity contribution is 0.734. The first kappa shape index (κ1) is 10.8. The van der Waals surface area contributed by atoms with Crippen LogP contribution in [0.15, 0.2) is 43.0 Å². The second kappa shape index (κ2) is 4.88. The maximum Gasteiger partial charge on any atom is 0.115 e. The van der Waals surface area contributed by atoms with Gasteiger partial charge in [0.2, 0.25) is 0 Å². The lowest BCUT2D eigenvalue weighted by atomic mass is 9.95. The van der Waals surface area contributed by atoms with Crippen LogP contribution in [0.5, 0.6) is 0 Å². The normalized spacial score (nSPS) is 12.4. The summed E-state index contributed by atoms with van der Waals surface area (Å²) in [5.41, 5.74) is 3.65. The molecule has 0 unspecified atom stereocenters. The molecular weight excluding hydrogens is 196 g/mol. The minimum Gasteiger partial charge on any atom is -0.244 e. The fourth-order valence-corrected chi connectivity index (χ4v) is 1.71. The van der Waals surface area contributed by atoms with E-state index in [0.717, 1.165) is 12.0 Å². The summed E-state index contributed by atoms with van der Waals surface area (Å²) in [6.45, 7) is 4.46. The summed E-state index contributed by atoms with van der Waals surface area (Å²) in [6, 6.07) is 8.61. The third kappa shape index (κ3) is 2.27. The van der Waals surface area contributed by atoms with Crippen LogP contribution in [0.2, 0.25) is 0 Å². The van der Waals surface area contributed by atoms with E-state index in [4.69, 9.17) is 0 Å². The van der Waals surface area contributed by atoms with Crippen LogP contribution in [-0.2, 0) is 0 Å². The van der Waals surface area contributed by atoms with E-state index in [-0.39, 0.29) is 0 Å². The summed E-state index contributed by atoms with van der Waals surface area (Å²) in [5.74, 6) is 0.601. The zero-order valence-corrected chi connectivity index (χ0v) is 9.72. The number of aromatic nitrogens is 2. The van der Waals surface area contributed by atoms with Crippen LogP contribution >= 0.6 is 0 Å². The van der Waals surface area contributed by atoms with Gasteiger partial charge in [-0.15, -0.1) is 0 Å². The molecule has 0 aliphatic heterocycles. The van der Waals surface area contributed by atoms with Gasteiger partial charge in [0.15, 0.2) is 0 Å². The van der Waals surface area contributed by atoms with Gasteiger partial charge in [-0.2, -0.15) is 0 Å². The Morgan fingerprint density at radius 2 is 1.88 bits per heavy atom. The van der Waals surface area contributed by atoms with E-state index in [1.54, 1.807) is 6.33 Å². The van der Waals surface area contributed by atoms with Crippen LogP contribution in [0, 0.1) is 0 Å². The Bertz CT molecular complexity index is 451. The highest BCUT2D eigenvalue weighted by Gasteiger charge is 2.04. The zero-order chi connectivity index (χ0) is 11.4. The number of benzene rings is 1. The van der Waals surface area contributed by atoms with Crippen LogP contribution in [0.1, 0.15) is 31.7 Å². The Hall–Kier alpha value is -1.70. The van der Waals surface area contributed by atoms with Gasteiger partial charge in [-0.1, -0.05) is 38.1 Å². The maximum absolute atomic E-state index is 4.04. The summed E-state index contributed by atoms with van der Waals surface area (Å²) < 4.78 is 0. The van der Waals surface area contributed by atoms with Gasteiger partial charge in [-0.25, -0.2) is 9.97 Å². The average molecular weight is 212 g/mol. The predicted octanol–water partition coefficient (Wildman–Crippen LogP) is 3.66. The molecule has 2 rings (SSSR count). The van der Waals surface area contributed by atoms with Gasteiger partial charge in [-0.05, 0) is 23.5 Å². The molecule has 0 saturated heterocycles. The van der Waals surface area contributed by atoms with Crippen molar-refractivity contribution in [2.45, 2.75) is 26.2 Å². The summed E-state index contributed by atoms with van der Waals surface area (Å²) >= 11 is 0. The molecule has 1 aromatic heterocycles. The van der Waals surface area contributed by atoms with Crippen LogP contribution in [0.3, 0.4) is 0 Å². The Balaban J connectivity index is 2.36. The number of rotatable bonds is 3. The van der Waals surface area contributed by atoms with E-state index in [1.807, 2.05) is 12.4 Å². The molecule has 2 nitrogen and oxygen atoms in total. The van der Waals surface area contributed by atoms with Gasteiger partial charge in [0.1, 0.15) is 6.33 Å². The molecule has 0 N–H and O–H groups in total. The molecule has 82 valence electrons. The quantitative estimate of drug-likeness (QED) is 0.776. The van der Waals surface area contributed by atoms with Crippen molar-refractivity contribution < 1.29 is 0 Å². The molecule has 0 amide bonds. The Kier molecular flexibility index (Phi) is 3.30. The standard InChI is InChI=1S/C14H16N2/c1-3-11(2)12-5-4-6-13(7-12)14-8-15-10-16-9-14/h4-11H,3H2,1-2H3/t11-/m1/s1. The molecule has 0 saturated carbocycles. The largest absolute Gasteiger partial charge is 0.244 e. The number of hydrogen-bond acceptors (Lipinski definition) is 2. The lowest BCUT2D eigenvalue weighted by Crippen LogP contribution is -1.91. The monoisotopic (exact) mass is 212 g/mol. The molecule has 16 heavy (non-hydrogen) atoms. The van der Waals surface area contributed by atoms with Gasteiger partial charge in [-0.3, -0.25) is 0 Å². The molecule has 2 heteroatoms. The topological polar surface area (TPSA) is 25.8 Å². The van der Waals surface area contributed by atoms with E-state index in [9.17, 15) is 0 Å². The summed E-state index contributed by atoms with van der Waals surface area (Å²) in [5, 5.41) is 0. The lowest BCUT2D eigenvalue weighted by Gasteiger charge is -2.10. The first-order valence-electron chi connectivity index (χ1n) is 5.66. The van der Waals surface area contributed by atoms with Crippen molar-refractivity contribution in [3.05, 3.63) is 48.5 Å². The van der Waals surface area contributed by atoms with Crippen molar-refractivity contribution in [3.8, 4) is 11.1 Å². The molecule has 0 spiro atoms. The van der Waals surface area contributed by atoms with Crippen molar-refractivity contribution in [3.63, 3.8) is 0 Å². The SMILES string of the molecule is CC[C@@H](C)c1cccc(-c2cncnc2)c1. The van der Waals surface area contributed by atoms with Crippen molar-refractivity contribution in [1.29, 1.82) is 0 Å². The highest BCUT2D eigenvalue weighted by Crippen LogP contribution is 2.24. The van der Waals surface area contributed by atoms with E-state index < -0.39 is 0 Å². The van der Waals surface area contributed by atoms with Gasteiger partial charge in [0.05, 0.1) is 0 Å². The van der Waals surface area contributed by atoms with Crippen LogP contribution < -0.4 is 0 Å². The fourth-order valence-electron chi connectivity index (χ4n) is 1.71. The minimum atomic E-state index is 0.601. The number of hydrogen-bond donors (Lipinski definition) is 0. The van der Waals surface area contributed by atoms with Crippen molar-refractivity contribution in [2.75, 3.05) is 0 Å². The second-order valence-electron chi connectivity index (χ2n) is 4.06. The van der Waals surface area contributed by atoms with Crippen molar-refractivity contribution >= 4 is 0 Å². The van der Waals surface area contributed by atoms with Crippen LogP contribution in [0.25, 0.3) is 11.1 Å². The van der Waals surface area contributed by atoms with Crippen molar-refractivity contribution in [1.82, 2.24) is 9.97 Å². The zero-order valence-electron chi connectivity index (χ0n) is 9.72. The molecule has 0 aliphatic rings. The average Bonchev–Trinajstić information content (AvgIpc) is 2.39. The first-order valence-corrected chi connectivity index (χ1v) is 5.66.